The van der Waals surface area contributed by atoms with E-state index in [0.717, 1.165) is 30.9 Å². The van der Waals surface area contributed by atoms with Crippen LogP contribution in [-0.4, -0.2) is 18.1 Å². The lowest BCUT2D eigenvalue weighted by atomic mass is 10.2. The zero-order valence-corrected chi connectivity index (χ0v) is 8.95. The molecule has 4 nitrogen and oxygen atoms in total. The fraction of sp³-hybridized carbons (Fsp3) is 0.455. The van der Waals surface area contributed by atoms with Gasteiger partial charge in [-0.1, -0.05) is 0 Å². The summed E-state index contributed by atoms with van der Waals surface area (Å²) in [6.07, 6.45) is 2.03. The fourth-order valence-corrected chi connectivity index (χ4v) is 1.31. The zero-order valence-electron chi connectivity index (χ0n) is 8.95. The van der Waals surface area contributed by atoms with Crippen LogP contribution in [0.4, 0.5) is 5.82 Å². The Morgan fingerprint density at radius 1 is 1.47 bits per heavy atom. The van der Waals surface area contributed by atoms with Gasteiger partial charge in [0, 0.05) is 12.2 Å². The van der Waals surface area contributed by atoms with E-state index in [1.54, 1.807) is 12.1 Å². The minimum absolute atomic E-state index is 0.642. The number of nitrogens with two attached hydrogens (primary N) is 1. The number of anilines is 1. The lowest BCUT2D eigenvalue weighted by molar-refractivity contribution is 0.772. The number of rotatable bonds is 5. The molecule has 0 spiro atoms. The van der Waals surface area contributed by atoms with Crippen molar-refractivity contribution in [3.05, 3.63) is 23.4 Å². The van der Waals surface area contributed by atoms with Crippen LogP contribution in [0.15, 0.2) is 12.1 Å². The van der Waals surface area contributed by atoms with Crippen LogP contribution in [0, 0.1) is 18.3 Å². The summed E-state index contributed by atoms with van der Waals surface area (Å²) in [5.41, 5.74) is 6.89. The number of nitriles is 1. The highest BCUT2D eigenvalue weighted by atomic mass is 15.0. The first-order valence-electron chi connectivity index (χ1n) is 5.09. The summed E-state index contributed by atoms with van der Waals surface area (Å²) in [7, 11) is 0. The predicted octanol–water partition coefficient (Wildman–Crippen LogP) is 1.41. The molecule has 1 rings (SSSR count). The highest BCUT2D eigenvalue weighted by molar-refractivity contribution is 5.44. The molecule has 0 fully saturated rings. The van der Waals surface area contributed by atoms with Crippen LogP contribution in [0.5, 0.6) is 0 Å². The Hall–Kier alpha value is -1.60. The van der Waals surface area contributed by atoms with Gasteiger partial charge in [0.25, 0.3) is 0 Å². The first kappa shape index (κ1) is 11.5. The third kappa shape index (κ3) is 3.96. The van der Waals surface area contributed by atoms with Crippen LogP contribution in [0.25, 0.3) is 0 Å². The molecule has 0 atom stereocenters. The van der Waals surface area contributed by atoms with Crippen LogP contribution in [0.2, 0.25) is 0 Å². The Kier molecular flexibility index (Phi) is 4.58. The number of unbranched alkanes of at least 4 members (excludes halogenated alkanes) is 1. The number of hydrogen-bond acceptors (Lipinski definition) is 4. The number of nitrogens with one attached hydrogen (secondary N) is 1. The van der Waals surface area contributed by atoms with Crippen molar-refractivity contribution >= 4 is 5.82 Å². The van der Waals surface area contributed by atoms with Gasteiger partial charge >= 0.3 is 0 Å². The summed E-state index contributed by atoms with van der Waals surface area (Å²) in [5.74, 6) is 0.767. The van der Waals surface area contributed by atoms with E-state index in [9.17, 15) is 0 Å². The minimum Gasteiger partial charge on any atom is -0.370 e. The van der Waals surface area contributed by atoms with Crippen molar-refractivity contribution < 1.29 is 0 Å². The van der Waals surface area contributed by atoms with Crippen LogP contribution >= 0.6 is 0 Å². The van der Waals surface area contributed by atoms with Crippen molar-refractivity contribution in [3.63, 3.8) is 0 Å². The monoisotopic (exact) mass is 204 g/mol. The molecule has 80 valence electrons. The number of pyridine rings is 1. The molecule has 1 heterocycles. The highest BCUT2D eigenvalue weighted by Crippen LogP contribution is 2.09. The molecular weight excluding hydrogens is 188 g/mol. The molecule has 0 aliphatic carbocycles. The molecule has 0 radical (unpaired) electrons. The van der Waals surface area contributed by atoms with Crippen LogP contribution in [0.3, 0.4) is 0 Å². The van der Waals surface area contributed by atoms with Crippen molar-refractivity contribution in [2.75, 3.05) is 18.4 Å². The van der Waals surface area contributed by atoms with Gasteiger partial charge in [-0.3, -0.25) is 0 Å². The van der Waals surface area contributed by atoms with E-state index < -0.39 is 0 Å². The Bertz CT molecular complexity index is 354. The lowest BCUT2D eigenvalue weighted by Gasteiger charge is -2.06. The molecule has 0 amide bonds. The summed E-state index contributed by atoms with van der Waals surface area (Å²) in [6.45, 7) is 3.44. The van der Waals surface area contributed by atoms with Gasteiger partial charge in [-0.2, -0.15) is 5.26 Å². The SMILES string of the molecule is Cc1cc(C#N)cc(NCCCCN)n1. The fourth-order valence-electron chi connectivity index (χ4n) is 1.31. The molecule has 0 aliphatic heterocycles. The third-order valence-electron chi connectivity index (χ3n) is 2.02. The smallest absolute Gasteiger partial charge is 0.127 e. The molecule has 3 N–H and O–H groups in total. The maximum Gasteiger partial charge on any atom is 0.127 e. The Morgan fingerprint density at radius 2 is 2.27 bits per heavy atom. The second kappa shape index (κ2) is 5.99. The molecule has 0 bridgehead atoms. The highest BCUT2D eigenvalue weighted by Gasteiger charge is 1.98. The van der Waals surface area contributed by atoms with Crippen molar-refractivity contribution in [2.24, 2.45) is 5.73 Å². The molecule has 0 saturated heterocycles. The van der Waals surface area contributed by atoms with E-state index in [0.29, 0.717) is 12.1 Å². The summed E-state index contributed by atoms with van der Waals surface area (Å²) in [5, 5.41) is 12.0. The van der Waals surface area contributed by atoms with Crippen LogP contribution < -0.4 is 11.1 Å². The molecule has 0 aromatic carbocycles. The van der Waals surface area contributed by atoms with Gasteiger partial charge in [-0.25, -0.2) is 4.98 Å². The standard InChI is InChI=1S/C11H16N4/c1-9-6-10(8-13)7-11(15-9)14-5-3-2-4-12/h6-7H,2-5,12H2,1H3,(H,14,15). The summed E-state index contributed by atoms with van der Waals surface area (Å²) in [6, 6.07) is 5.64. The van der Waals surface area contributed by atoms with Crippen molar-refractivity contribution in [2.45, 2.75) is 19.8 Å². The van der Waals surface area contributed by atoms with E-state index in [-0.39, 0.29) is 0 Å². The number of aromatic nitrogens is 1. The molecule has 1 aromatic heterocycles. The number of hydrogen-bond donors (Lipinski definition) is 2. The molecule has 0 saturated carbocycles. The maximum absolute atomic E-state index is 8.77. The first-order chi connectivity index (χ1) is 7.26. The van der Waals surface area contributed by atoms with Gasteiger partial charge in [0.05, 0.1) is 11.6 Å². The summed E-state index contributed by atoms with van der Waals surface area (Å²) >= 11 is 0. The second-order valence-corrected chi connectivity index (χ2v) is 3.42. The molecule has 0 unspecified atom stereocenters. The average Bonchev–Trinajstić information content (AvgIpc) is 2.23. The van der Waals surface area contributed by atoms with Crippen LogP contribution in [-0.2, 0) is 0 Å². The largest absolute Gasteiger partial charge is 0.370 e. The predicted molar refractivity (Wildman–Crippen MR) is 60.5 cm³/mol. The summed E-state index contributed by atoms with van der Waals surface area (Å²) in [4.78, 5) is 4.29. The minimum atomic E-state index is 0.642. The second-order valence-electron chi connectivity index (χ2n) is 3.42. The van der Waals surface area contributed by atoms with Crippen molar-refractivity contribution in [1.82, 2.24) is 4.98 Å². The first-order valence-corrected chi connectivity index (χ1v) is 5.09. The molecule has 0 aliphatic rings. The van der Waals surface area contributed by atoms with E-state index in [4.69, 9.17) is 11.0 Å². The van der Waals surface area contributed by atoms with Gasteiger partial charge in [0.1, 0.15) is 5.82 Å². The van der Waals surface area contributed by atoms with E-state index in [2.05, 4.69) is 16.4 Å². The third-order valence-corrected chi connectivity index (χ3v) is 2.02. The van der Waals surface area contributed by atoms with Gasteiger partial charge in [-0.05, 0) is 38.4 Å². The summed E-state index contributed by atoms with van der Waals surface area (Å²) < 4.78 is 0. The Morgan fingerprint density at radius 3 is 2.93 bits per heavy atom. The van der Waals surface area contributed by atoms with E-state index in [1.165, 1.54) is 0 Å². The van der Waals surface area contributed by atoms with E-state index in [1.807, 2.05) is 6.92 Å². The molecule has 1 aromatic rings. The van der Waals surface area contributed by atoms with Crippen molar-refractivity contribution in [1.29, 1.82) is 5.26 Å². The van der Waals surface area contributed by atoms with Gasteiger partial charge in [-0.15, -0.1) is 0 Å². The Labute approximate surface area is 90.1 Å². The average molecular weight is 204 g/mol. The molecule has 4 heteroatoms. The number of nitrogens with zero attached hydrogens (tertiary/aromatic N) is 2. The van der Waals surface area contributed by atoms with Gasteiger partial charge in [0.15, 0.2) is 0 Å². The van der Waals surface area contributed by atoms with Crippen LogP contribution in [0.1, 0.15) is 24.1 Å². The molecular formula is C11H16N4. The quantitative estimate of drug-likeness (QED) is 0.711. The lowest BCUT2D eigenvalue weighted by Crippen LogP contribution is -2.07. The van der Waals surface area contributed by atoms with Crippen molar-refractivity contribution in [3.8, 4) is 6.07 Å². The zero-order chi connectivity index (χ0) is 11.1. The maximum atomic E-state index is 8.77. The molecule has 15 heavy (non-hydrogen) atoms. The van der Waals surface area contributed by atoms with Gasteiger partial charge in [0.2, 0.25) is 0 Å². The topological polar surface area (TPSA) is 74.7 Å². The Balaban J connectivity index is 2.54. The number of aryl methyl sites for hydroxylation is 1. The van der Waals surface area contributed by atoms with Gasteiger partial charge < -0.3 is 11.1 Å². The normalized spacial score (nSPS) is 9.67. The van der Waals surface area contributed by atoms with E-state index >= 15 is 0 Å².